The third kappa shape index (κ3) is 2.29. The number of aromatic nitrogens is 1. The maximum absolute atomic E-state index is 10.9. The summed E-state index contributed by atoms with van der Waals surface area (Å²) in [4.78, 5) is 15.3. The number of aliphatic carboxylic acids is 1. The smallest absolute Gasteiger partial charge is 0.310 e. The zero-order chi connectivity index (χ0) is 13.2. The van der Waals surface area contributed by atoms with Crippen LogP contribution in [0.2, 0.25) is 0 Å². The average Bonchev–Trinajstić information content (AvgIpc) is 2.88. The molecule has 1 aromatic heterocycles. The van der Waals surface area contributed by atoms with E-state index < -0.39 is 11.9 Å². The molecule has 0 fully saturated rings. The van der Waals surface area contributed by atoms with Gasteiger partial charge in [0.05, 0.1) is 5.92 Å². The molecular weight excluding hydrogens is 240 g/mol. The van der Waals surface area contributed by atoms with Gasteiger partial charge in [-0.25, -0.2) is 4.98 Å². The van der Waals surface area contributed by atoms with Crippen molar-refractivity contribution in [2.24, 2.45) is 5.92 Å². The van der Waals surface area contributed by atoms with Gasteiger partial charge in [0.1, 0.15) is 5.82 Å². The van der Waals surface area contributed by atoms with E-state index in [2.05, 4.69) is 10.3 Å². The van der Waals surface area contributed by atoms with Crippen molar-refractivity contribution >= 4 is 22.6 Å². The molecule has 0 saturated heterocycles. The summed E-state index contributed by atoms with van der Waals surface area (Å²) in [6.45, 7) is 0. The molecular formula is C15H14N2O2. The van der Waals surface area contributed by atoms with Gasteiger partial charge in [0, 0.05) is 17.6 Å². The van der Waals surface area contributed by atoms with Crippen LogP contribution in [0.15, 0.2) is 48.7 Å². The van der Waals surface area contributed by atoms with E-state index in [1.165, 1.54) is 0 Å². The molecule has 3 rings (SSSR count). The van der Waals surface area contributed by atoms with Crippen LogP contribution in [-0.2, 0) is 4.79 Å². The van der Waals surface area contributed by atoms with Crippen molar-refractivity contribution in [2.45, 2.75) is 12.5 Å². The van der Waals surface area contributed by atoms with Gasteiger partial charge in [0.15, 0.2) is 0 Å². The minimum atomic E-state index is -0.772. The van der Waals surface area contributed by atoms with Gasteiger partial charge < -0.3 is 10.4 Å². The third-order valence-corrected chi connectivity index (χ3v) is 3.40. The first-order valence-electron chi connectivity index (χ1n) is 6.25. The van der Waals surface area contributed by atoms with Crippen LogP contribution in [0.25, 0.3) is 10.8 Å². The number of hydrogen-bond acceptors (Lipinski definition) is 3. The number of rotatable bonds is 3. The fourth-order valence-corrected chi connectivity index (χ4v) is 2.40. The third-order valence-electron chi connectivity index (χ3n) is 3.40. The van der Waals surface area contributed by atoms with Crippen molar-refractivity contribution in [3.63, 3.8) is 0 Å². The molecule has 1 aromatic carbocycles. The van der Waals surface area contributed by atoms with Crippen LogP contribution in [0, 0.1) is 5.92 Å². The standard InChI is InChI=1S/C15H14N2O2/c18-15(19)11-5-6-12(9-11)17-14-13-4-2-1-3-10(13)7-8-16-14/h1-8,11-12H,9H2,(H,16,17)(H,18,19). The van der Waals surface area contributed by atoms with Crippen LogP contribution < -0.4 is 5.32 Å². The molecule has 1 aliphatic carbocycles. The molecule has 2 atom stereocenters. The van der Waals surface area contributed by atoms with Crippen molar-refractivity contribution in [1.29, 1.82) is 0 Å². The molecule has 0 aliphatic heterocycles. The van der Waals surface area contributed by atoms with Crippen LogP contribution in [0.4, 0.5) is 5.82 Å². The number of fused-ring (bicyclic) bond motifs is 1. The Morgan fingerprint density at radius 2 is 2.11 bits per heavy atom. The number of nitrogens with zero attached hydrogens (tertiary/aromatic N) is 1. The fourth-order valence-electron chi connectivity index (χ4n) is 2.40. The molecule has 0 spiro atoms. The molecule has 19 heavy (non-hydrogen) atoms. The first kappa shape index (κ1) is 11.7. The fraction of sp³-hybridized carbons (Fsp3) is 0.200. The van der Waals surface area contributed by atoms with E-state index in [0.29, 0.717) is 6.42 Å². The van der Waals surface area contributed by atoms with Crippen molar-refractivity contribution in [2.75, 3.05) is 5.32 Å². The zero-order valence-electron chi connectivity index (χ0n) is 10.3. The van der Waals surface area contributed by atoms with E-state index in [4.69, 9.17) is 5.11 Å². The molecule has 0 saturated carbocycles. The lowest BCUT2D eigenvalue weighted by molar-refractivity contribution is -0.140. The number of benzene rings is 1. The Labute approximate surface area is 110 Å². The first-order valence-corrected chi connectivity index (χ1v) is 6.25. The summed E-state index contributed by atoms with van der Waals surface area (Å²) in [7, 11) is 0. The topological polar surface area (TPSA) is 62.2 Å². The molecule has 2 aromatic rings. The second-order valence-electron chi connectivity index (χ2n) is 4.70. The van der Waals surface area contributed by atoms with Gasteiger partial charge >= 0.3 is 5.97 Å². The van der Waals surface area contributed by atoms with Gasteiger partial charge in [-0.05, 0) is 17.9 Å². The number of pyridine rings is 1. The molecule has 0 amide bonds. The highest BCUT2D eigenvalue weighted by molar-refractivity contribution is 5.91. The second-order valence-corrected chi connectivity index (χ2v) is 4.70. The molecule has 2 unspecified atom stereocenters. The van der Waals surface area contributed by atoms with Crippen LogP contribution in [0.3, 0.4) is 0 Å². The van der Waals surface area contributed by atoms with E-state index in [1.54, 1.807) is 12.3 Å². The Morgan fingerprint density at radius 1 is 1.26 bits per heavy atom. The summed E-state index contributed by atoms with van der Waals surface area (Å²) in [5.41, 5.74) is 0. The van der Waals surface area contributed by atoms with Crippen molar-refractivity contribution in [3.05, 3.63) is 48.7 Å². The van der Waals surface area contributed by atoms with Gasteiger partial charge in [0.2, 0.25) is 0 Å². The lowest BCUT2D eigenvalue weighted by Gasteiger charge is -2.14. The predicted octanol–water partition coefficient (Wildman–Crippen LogP) is 2.68. The minimum absolute atomic E-state index is 0.0272. The Bertz CT molecular complexity index is 646. The van der Waals surface area contributed by atoms with Crippen molar-refractivity contribution in [3.8, 4) is 0 Å². The molecule has 1 heterocycles. The highest BCUT2D eigenvalue weighted by Gasteiger charge is 2.24. The number of anilines is 1. The van der Waals surface area contributed by atoms with E-state index in [0.717, 1.165) is 16.6 Å². The van der Waals surface area contributed by atoms with E-state index in [9.17, 15) is 4.79 Å². The van der Waals surface area contributed by atoms with Crippen LogP contribution in [0.5, 0.6) is 0 Å². The lowest BCUT2D eigenvalue weighted by atomic mass is 10.1. The molecule has 0 radical (unpaired) electrons. The van der Waals surface area contributed by atoms with E-state index in [1.807, 2.05) is 36.4 Å². The number of carboxylic acids is 1. The maximum atomic E-state index is 10.9. The largest absolute Gasteiger partial charge is 0.481 e. The predicted molar refractivity (Wildman–Crippen MR) is 74.0 cm³/mol. The number of carboxylic acid groups (broad SMARTS) is 1. The summed E-state index contributed by atoms with van der Waals surface area (Å²) in [5, 5.41) is 14.5. The number of hydrogen-bond donors (Lipinski definition) is 2. The minimum Gasteiger partial charge on any atom is -0.481 e. The average molecular weight is 254 g/mol. The van der Waals surface area contributed by atoms with Gasteiger partial charge in [-0.1, -0.05) is 36.4 Å². The maximum Gasteiger partial charge on any atom is 0.310 e. The van der Waals surface area contributed by atoms with E-state index in [-0.39, 0.29) is 6.04 Å². The lowest BCUT2D eigenvalue weighted by Crippen LogP contribution is -2.19. The summed E-state index contributed by atoms with van der Waals surface area (Å²) in [5.74, 6) is -0.363. The SMILES string of the molecule is O=C(O)C1C=CC(Nc2nccc3ccccc23)C1. The number of carbonyl (C=O) groups is 1. The Hall–Kier alpha value is -2.36. The summed E-state index contributed by atoms with van der Waals surface area (Å²) < 4.78 is 0. The molecule has 2 N–H and O–H groups in total. The Balaban J connectivity index is 1.83. The normalized spacial score (nSPS) is 21.7. The number of nitrogens with one attached hydrogen (secondary N) is 1. The molecule has 96 valence electrons. The van der Waals surface area contributed by atoms with Crippen LogP contribution >= 0.6 is 0 Å². The van der Waals surface area contributed by atoms with Crippen LogP contribution in [-0.4, -0.2) is 22.1 Å². The summed E-state index contributed by atoms with van der Waals surface area (Å²) in [6.07, 6.45) is 5.98. The first-order chi connectivity index (χ1) is 9.24. The summed E-state index contributed by atoms with van der Waals surface area (Å²) in [6, 6.07) is 10.00. The highest BCUT2D eigenvalue weighted by atomic mass is 16.4. The van der Waals surface area contributed by atoms with Gasteiger partial charge in [0.25, 0.3) is 0 Å². The quantitative estimate of drug-likeness (QED) is 0.827. The van der Waals surface area contributed by atoms with Crippen molar-refractivity contribution < 1.29 is 9.90 Å². The summed E-state index contributed by atoms with van der Waals surface area (Å²) >= 11 is 0. The second kappa shape index (κ2) is 4.72. The molecule has 4 heteroatoms. The van der Waals surface area contributed by atoms with Gasteiger partial charge in [-0.3, -0.25) is 4.79 Å². The van der Waals surface area contributed by atoms with Gasteiger partial charge in [-0.15, -0.1) is 0 Å². The van der Waals surface area contributed by atoms with Crippen molar-refractivity contribution in [1.82, 2.24) is 4.98 Å². The zero-order valence-corrected chi connectivity index (χ0v) is 10.3. The Kier molecular flexibility index (Phi) is 2.91. The molecule has 4 nitrogen and oxygen atoms in total. The van der Waals surface area contributed by atoms with Gasteiger partial charge in [-0.2, -0.15) is 0 Å². The van der Waals surface area contributed by atoms with E-state index >= 15 is 0 Å². The highest BCUT2D eigenvalue weighted by Crippen LogP contribution is 2.25. The van der Waals surface area contributed by atoms with Crippen LogP contribution in [0.1, 0.15) is 6.42 Å². The molecule has 1 aliphatic rings. The monoisotopic (exact) mass is 254 g/mol. The Morgan fingerprint density at radius 3 is 2.89 bits per heavy atom. The molecule has 0 bridgehead atoms.